The highest BCUT2D eigenvalue weighted by atomic mass is 35.5. The molecule has 2 rings (SSSR count). The monoisotopic (exact) mass is 391 g/mol. The van der Waals surface area contributed by atoms with Crippen LogP contribution in [0.5, 0.6) is 17.2 Å². The summed E-state index contributed by atoms with van der Waals surface area (Å²) in [7, 11) is 3.02. The highest BCUT2D eigenvalue weighted by Crippen LogP contribution is 2.36. The number of para-hydroxylation sites is 1. The minimum Gasteiger partial charge on any atom is -0.495 e. The van der Waals surface area contributed by atoms with Crippen LogP contribution < -0.4 is 19.5 Å². The van der Waals surface area contributed by atoms with E-state index in [1.54, 1.807) is 19.1 Å². The third-order valence-electron chi connectivity index (χ3n) is 4.10. The van der Waals surface area contributed by atoms with E-state index in [9.17, 15) is 4.79 Å². The van der Waals surface area contributed by atoms with E-state index in [0.29, 0.717) is 28.0 Å². The molecule has 0 aromatic heterocycles. The lowest BCUT2D eigenvalue weighted by molar-refractivity contribution is -0.122. The molecule has 1 unspecified atom stereocenters. The number of halogens is 1. The van der Waals surface area contributed by atoms with Crippen molar-refractivity contribution in [3.05, 3.63) is 47.0 Å². The number of carbonyl (C=O) groups excluding carboxylic acids is 1. The molecule has 0 aliphatic rings. The van der Waals surface area contributed by atoms with Crippen LogP contribution in [0.15, 0.2) is 36.4 Å². The van der Waals surface area contributed by atoms with E-state index in [2.05, 4.69) is 26.1 Å². The first-order chi connectivity index (χ1) is 12.7. The predicted octanol–water partition coefficient (Wildman–Crippen LogP) is 5.06. The van der Waals surface area contributed by atoms with Gasteiger partial charge in [-0.25, -0.2) is 0 Å². The Labute approximate surface area is 165 Å². The van der Waals surface area contributed by atoms with Gasteiger partial charge in [0.05, 0.1) is 24.9 Å². The zero-order valence-electron chi connectivity index (χ0n) is 16.6. The summed E-state index contributed by atoms with van der Waals surface area (Å²) in [6, 6.07) is 10.9. The number of benzene rings is 2. The Hall–Kier alpha value is -2.40. The van der Waals surface area contributed by atoms with Crippen molar-refractivity contribution >= 4 is 23.2 Å². The molecule has 0 heterocycles. The number of amides is 1. The lowest BCUT2D eigenvalue weighted by atomic mass is 9.86. The summed E-state index contributed by atoms with van der Waals surface area (Å²) in [6.45, 7) is 8.01. The lowest BCUT2D eigenvalue weighted by Crippen LogP contribution is -2.31. The molecule has 1 N–H and O–H groups in total. The number of hydrogen-bond acceptors (Lipinski definition) is 4. The van der Waals surface area contributed by atoms with Gasteiger partial charge in [-0.05, 0) is 24.0 Å². The molecule has 1 amide bonds. The maximum atomic E-state index is 12.7. The fourth-order valence-corrected chi connectivity index (χ4v) is 2.86. The predicted molar refractivity (Wildman–Crippen MR) is 108 cm³/mol. The Morgan fingerprint density at radius 3 is 2.26 bits per heavy atom. The molecule has 146 valence electrons. The van der Waals surface area contributed by atoms with Gasteiger partial charge in [0, 0.05) is 12.1 Å². The summed E-state index contributed by atoms with van der Waals surface area (Å²) in [5, 5.41) is 3.21. The zero-order valence-corrected chi connectivity index (χ0v) is 17.3. The van der Waals surface area contributed by atoms with Crippen molar-refractivity contribution in [3.8, 4) is 17.2 Å². The molecule has 5 nitrogen and oxygen atoms in total. The first kappa shape index (κ1) is 20.9. The Kier molecular flexibility index (Phi) is 6.60. The summed E-state index contributed by atoms with van der Waals surface area (Å²) < 4.78 is 16.4. The Morgan fingerprint density at radius 1 is 1.04 bits per heavy atom. The van der Waals surface area contributed by atoms with Crippen LogP contribution in [-0.4, -0.2) is 26.2 Å². The minimum absolute atomic E-state index is 0.0977. The maximum Gasteiger partial charge on any atom is 0.265 e. The molecular formula is C21H26ClNO4. The molecule has 2 aromatic carbocycles. The van der Waals surface area contributed by atoms with Gasteiger partial charge in [0.15, 0.2) is 6.10 Å². The van der Waals surface area contributed by atoms with E-state index >= 15 is 0 Å². The number of rotatable bonds is 6. The molecule has 0 aliphatic carbocycles. The number of nitrogens with one attached hydrogen (secondary N) is 1. The van der Waals surface area contributed by atoms with E-state index in [1.165, 1.54) is 14.2 Å². The molecule has 6 heteroatoms. The van der Waals surface area contributed by atoms with Crippen LogP contribution in [0.25, 0.3) is 0 Å². The number of hydrogen-bond donors (Lipinski definition) is 1. The SMILES string of the molecule is COc1cc(NC(=O)C(C)Oc2ccccc2C(C)(C)C)c(OC)cc1Cl. The van der Waals surface area contributed by atoms with Crippen molar-refractivity contribution < 1.29 is 19.0 Å². The third-order valence-corrected chi connectivity index (χ3v) is 4.40. The smallest absolute Gasteiger partial charge is 0.265 e. The highest BCUT2D eigenvalue weighted by molar-refractivity contribution is 6.32. The topological polar surface area (TPSA) is 56.8 Å². The largest absolute Gasteiger partial charge is 0.495 e. The molecular weight excluding hydrogens is 366 g/mol. The summed E-state index contributed by atoms with van der Waals surface area (Å²) >= 11 is 6.10. The zero-order chi connectivity index (χ0) is 20.2. The molecule has 0 spiro atoms. The molecule has 0 saturated carbocycles. The molecule has 27 heavy (non-hydrogen) atoms. The first-order valence-corrected chi connectivity index (χ1v) is 9.03. The fraction of sp³-hybridized carbons (Fsp3) is 0.381. The highest BCUT2D eigenvalue weighted by Gasteiger charge is 2.23. The Morgan fingerprint density at radius 2 is 1.67 bits per heavy atom. The van der Waals surface area contributed by atoms with Crippen LogP contribution in [0.2, 0.25) is 5.02 Å². The standard InChI is InChI=1S/C21H26ClNO4/c1-13(27-17-10-8-7-9-14(17)21(2,3)4)20(24)23-16-12-18(25-5)15(22)11-19(16)26-6/h7-13H,1-6H3,(H,23,24). The van der Waals surface area contributed by atoms with Crippen LogP contribution in [0, 0.1) is 0 Å². The van der Waals surface area contributed by atoms with Crippen molar-refractivity contribution in [2.24, 2.45) is 0 Å². The van der Waals surface area contributed by atoms with Gasteiger partial charge < -0.3 is 19.5 Å². The van der Waals surface area contributed by atoms with E-state index in [4.69, 9.17) is 25.8 Å². The van der Waals surface area contributed by atoms with Crippen LogP contribution in [0.3, 0.4) is 0 Å². The number of anilines is 1. The van der Waals surface area contributed by atoms with Gasteiger partial charge in [0.2, 0.25) is 0 Å². The molecule has 2 aromatic rings. The lowest BCUT2D eigenvalue weighted by Gasteiger charge is -2.24. The summed E-state index contributed by atoms with van der Waals surface area (Å²) in [5.74, 6) is 1.27. The Bertz CT molecular complexity index is 814. The number of methoxy groups -OCH3 is 2. The second-order valence-corrected chi connectivity index (χ2v) is 7.59. The summed E-state index contributed by atoms with van der Waals surface area (Å²) in [6.07, 6.45) is -0.708. The van der Waals surface area contributed by atoms with Crippen LogP contribution in [-0.2, 0) is 10.2 Å². The number of carbonyl (C=O) groups is 1. The van der Waals surface area contributed by atoms with Gasteiger partial charge in [0.25, 0.3) is 5.91 Å². The molecule has 0 fully saturated rings. The summed E-state index contributed by atoms with van der Waals surface area (Å²) in [5.41, 5.74) is 1.40. The summed E-state index contributed by atoms with van der Waals surface area (Å²) in [4.78, 5) is 12.7. The van der Waals surface area contributed by atoms with Crippen molar-refractivity contribution in [3.63, 3.8) is 0 Å². The van der Waals surface area contributed by atoms with E-state index < -0.39 is 6.10 Å². The van der Waals surface area contributed by atoms with Crippen molar-refractivity contribution in [2.75, 3.05) is 19.5 Å². The average molecular weight is 392 g/mol. The van der Waals surface area contributed by atoms with Crippen molar-refractivity contribution in [2.45, 2.75) is 39.2 Å². The van der Waals surface area contributed by atoms with E-state index in [-0.39, 0.29) is 11.3 Å². The first-order valence-electron chi connectivity index (χ1n) is 8.66. The van der Waals surface area contributed by atoms with Gasteiger partial charge >= 0.3 is 0 Å². The molecule has 0 saturated heterocycles. The second kappa shape index (κ2) is 8.53. The van der Waals surface area contributed by atoms with Crippen molar-refractivity contribution in [1.82, 2.24) is 0 Å². The second-order valence-electron chi connectivity index (χ2n) is 7.18. The van der Waals surface area contributed by atoms with Gasteiger partial charge in [-0.15, -0.1) is 0 Å². The normalized spacial score (nSPS) is 12.3. The minimum atomic E-state index is -0.708. The van der Waals surface area contributed by atoms with Gasteiger partial charge in [-0.3, -0.25) is 4.79 Å². The maximum absolute atomic E-state index is 12.7. The van der Waals surface area contributed by atoms with Gasteiger partial charge in [0.1, 0.15) is 17.2 Å². The molecule has 0 bridgehead atoms. The average Bonchev–Trinajstić information content (AvgIpc) is 2.62. The van der Waals surface area contributed by atoms with Gasteiger partial charge in [-0.1, -0.05) is 50.6 Å². The van der Waals surface area contributed by atoms with Crippen molar-refractivity contribution in [1.29, 1.82) is 0 Å². The molecule has 0 aliphatic heterocycles. The van der Waals surface area contributed by atoms with Crippen LogP contribution in [0.4, 0.5) is 5.69 Å². The van der Waals surface area contributed by atoms with Gasteiger partial charge in [-0.2, -0.15) is 0 Å². The fourth-order valence-electron chi connectivity index (χ4n) is 2.63. The van der Waals surface area contributed by atoms with Crippen LogP contribution in [0.1, 0.15) is 33.3 Å². The quantitative estimate of drug-likeness (QED) is 0.747. The Balaban J connectivity index is 2.20. The molecule has 1 atom stereocenters. The van der Waals surface area contributed by atoms with E-state index in [1.807, 2.05) is 24.3 Å². The van der Waals surface area contributed by atoms with Crippen LogP contribution >= 0.6 is 11.6 Å². The van der Waals surface area contributed by atoms with E-state index in [0.717, 1.165) is 5.56 Å². The number of ether oxygens (including phenoxy) is 3. The molecule has 0 radical (unpaired) electrons. The third kappa shape index (κ3) is 5.07.